The minimum Gasteiger partial charge on any atom is -0.496 e. The number of rotatable bonds is 3. The van der Waals surface area contributed by atoms with Crippen molar-refractivity contribution in [1.29, 1.82) is 0 Å². The van der Waals surface area contributed by atoms with Crippen molar-refractivity contribution in [3.8, 4) is 5.75 Å². The smallest absolute Gasteiger partial charge is 0.196 e. The molecule has 0 heterocycles. The maximum Gasteiger partial charge on any atom is 0.196 e. The van der Waals surface area contributed by atoms with Crippen LogP contribution in [0.25, 0.3) is 5.57 Å². The van der Waals surface area contributed by atoms with Crippen LogP contribution >= 0.6 is 0 Å². The van der Waals surface area contributed by atoms with Crippen molar-refractivity contribution in [3.05, 3.63) is 70.4 Å². The fourth-order valence-electron chi connectivity index (χ4n) is 3.11. The van der Waals surface area contributed by atoms with E-state index in [4.69, 9.17) is 4.74 Å². The Morgan fingerprint density at radius 2 is 1.67 bits per heavy atom. The van der Waals surface area contributed by atoms with Gasteiger partial charge in [0.25, 0.3) is 0 Å². The second kappa shape index (κ2) is 6.24. The molecule has 3 rings (SSSR count). The molecule has 0 atom stereocenters. The van der Waals surface area contributed by atoms with Crippen molar-refractivity contribution in [2.45, 2.75) is 6.92 Å². The zero-order valence-electron chi connectivity index (χ0n) is 14.0. The summed E-state index contributed by atoms with van der Waals surface area (Å²) in [6.07, 6.45) is 0. The highest BCUT2D eigenvalue weighted by Gasteiger charge is 2.31. The number of hydrogen-bond acceptors (Lipinski definition) is 4. The summed E-state index contributed by atoms with van der Waals surface area (Å²) in [5.41, 5.74) is 4.80. The summed E-state index contributed by atoms with van der Waals surface area (Å²) in [5, 5.41) is 0. The lowest BCUT2D eigenvalue weighted by atomic mass is 9.82. The van der Waals surface area contributed by atoms with Gasteiger partial charge in [-0.3, -0.25) is 14.8 Å². The highest BCUT2D eigenvalue weighted by molar-refractivity contribution is 6.41. The Balaban J connectivity index is 2.36. The predicted molar refractivity (Wildman–Crippen MR) is 97.4 cm³/mol. The normalized spacial score (nSPS) is 15.5. The predicted octanol–water partition coefficient (Wildman–Crippen LogP) is 3.73. The van der Waals surface area contributed by atoms with Crippen LogP contribution in [0.15, 0.2) is 58.1 Å². The third-order valence-corrected chi connectivity index (χ3v) is 4.27. The molecule has 0 bridgehead atoms. The number of ether oxygens (including phenoxy) is 1. The van der Waals surface area contributed by atoms with Gasteiger partial charge in [0.1, 0.15) is 5.75 Å². The summed E-state index contributed by atoms with van der Waals surface area (Å²) < 4.78 is 5.39. The third kappa shape index (κ3) is 2.27. The molecule has 4 nitrogen and oxygen atoms in total. The number of methoxy groups -OCH3 is 1. The molecule has 0 unspecified atom stereocenters. The number of Topliss-reactive ketones (excluding diaryl/α,β-unsaturated/α-hetero) is 1. The number of ketones is 1. The summed E-state index contributed by atoms with van der Waals surface area (Å²) in [7, 11) is 3.31. The molecule has 0 spiro atoms. The van der Waals surface area contributed by atoms with E-state index in [1.165, 1.54) is 0 Å². The Hall–Kier alpha value is -3.01. The largest absolute Gasteiger partial charge is 0.496 e. The highest BCUT2D eigenvalue weighted by Crippen LogP contribution is 2.36. The van der Waals surface area contributed by atoms with Crippen molar-refractivity contribution in [2.75, 3.05) is 14.2 Å². The van der Waals surface area contributed by atoms with E-state index in [9.17, 15) is 4.79 Å². The van der Waals surface area contributed by atoms with E-state index in [1.807, 2.05) is 49.4 Å². The second-order valence-corrected chi connectivity index (χ2v) is 5.46. The zero-order valence-corrected chi connectivity index (χ0v) is 14.0. The minimum atomic E-state index is -0.0725. The lowest BCUT2D eigenvalue weighted by Gasteiger charge is -2.22. The van der Waals surface area contributed by atoms with Crippen LogP contribution in [0, 0.1) is 6.92 Å². The number of hydrogen-bond donors (Lipinski definition) is 0. The molecule has 4 heteroatoms. The van der Waals surface area contributed by atoms with E-state index < -0.39 is 0 Å². The van der Waals surface area contributed by atoms with Crippen LogP contribution in [0.4, 0.5) is 0 Å². The van der Waals surface area contributed by atoms with Crippen molar-refractivity contribution in [2.24, 2.45) is 9.98 Å². The molecule has 0 saturated heterocycles. The quantitative estimate of drug-likeness (QED) is 0.810. The summed E-state index contributed by atoms with van der Waals surface area (Å²) in [6.45, 7) is 5.59. The molecular formula is C20H18N2O2. The lowest BCUT2D eigenvalue weighted by Crippen LogP contribution is -2.21. The maximum atomic E-state index is 13.2. The molecule has 0 saturated carbocycles. The second-order valence-electron chi connectivity index (χ2n) is 5.46. The van der Waals surface area contributed by atoms with Gasteiger partial charge in [0.05, 0.1) is 24.1 Å². The first-order valence-electron chi connectivity index (χ1n) is 7.60. The Morgan fingerprint density at radius 1 is 1.00 bits per heavy atom. The van der Waals surface area contributed by atoms with Crippen LogP contribution in [-0.2, 0) is 0 Å². The highest BCUT2D eigenvalue weighted by atomic mass is 16.5. The molecule has 0 aromatic heterocycles. The number of fused-ring (bicyclic) bond motifs is 1. The van der Waals surface area contributed by atoms with Gasteiger partial charge in [-0.05, 0) is 30.8 Å². The maximum absolute atomic E-state index is 13.2. The van der Waals surface area contributed by atoms with E-state index in [0.717, 1.165) is 22.4 Å². The summed E-state index contributed by atoms with van der Waals surface area (Å²) in [5.74, 6) is 0.654. The van der Waals surface area contributed by atoms with Crippen molar-refractivity contribution in [3.63, 3.8) is 0 Å². The lowest BCUT2D eigenvalue weighted by molar-refractivity contribution is 0.105. The van der Waals surface area contributed by atoms with E-state index in [-0.39, 0.29) is 5.78 Å². The summed E-state index contributed by atoms with van der Waals surface area (Å²) >= 11 is 0. The van der Waals surface area contributed by atoms with Crippen molar-refractivity contribution < 1.29 is 9.53 Å². The van der Waals surface area contributed by atoms with Crippen LogP contribution in [0.2, 0.25) is 0 Å². The third-order valence-electron chi connectivity index (χ3n) is 4.27. The minimum absolute atomic E-state index is 0.0725. The first kappa shape index (κ1) is 15.9. The Kier molecular flexibility index (Phi) is 4.13. The molecule has 1 aliphatic rings. The van der Waals surface area contributed by atoms with E-state index in [0.29, 0.717) is 22.5 Å². The zero-order chi connectivity index (χ0) is 17.3. The van der Waals surface area contributed by atoms with E-state index in [1.54, 1.807) is 14.2 Å². The SMILES string of the molecule is C=NC1=C(c2cccc(OC)c2C)C(=O)c2ccccc2C1=NC. The van der Waals surface area contributed by atoms with Gasteiger partial charge in [0.15, 0.2) is 5.78 Å². The molecule has 0 N–H and O–H groups in total. The number of allylic oxidation sites excluding steroid dienone is 2. The standard InChI is InChI=1S/C20H18N2O2/c1-12-13(10-7-11-16(12)24-4)17-19(22-3)18(21-2)14-8-5-6-9-15(14)20(17)23/h5-11H,3H2,1-2,4H3. The first-order valence-corrected chi connectivity index (χ1v) is 7.60. The van der Waals surface area contributed by atoms with Gasteiger partial charge in [-0.2, -0.15) is 0 Å². The topological polar surface area (TPSA) is 51.0 Å². The number of aliphatic imine (C=N–C) groups is 2. The van der Waals surface area contributed by atoms with Gasteiger partial charge < -0.3 is 4.74 Å². The number of carbonyl (C=O) groups is 1. The van der Waals surface area contributed by atoms with Crippen LogP contribution in [0.1, 0.15) is 27.0 Å². The van der Waals surface area contributed by atoms with Gasteiger partial charge in [-0.15, -0.1) is 0 Å². The molecule has 0 aliphatic heterocycles. The molecule has 1 aliphatic carbocycles. The molecule has 0 radical (unpaired) electrons. The average molecular weight is 318 g/mol. The molecular weight excluding hydrogens is 300 g/mol. The fourth-order valence-corrected chi connectivity index (χ4v) is 3.11. The van der Waals surface area contributed by atoms with Crippen LogP contribution in [-0.4, -0.2) is 32.4 Å². The van der Waals surface area contributed by atoms with E-state index in [2.05, 4.69) is 16.7 Å². The summed E-state index contributed by atoms with van der Waals surface area (Å²) in [4.78, 5) is 21.7. The Morgan fingerprint density at radius 3 is 2.29 bits per heavy atom. The van der Waals surface area contributed by atoms with Crippen LogP contribution in [0.3, 0.4) is 0 Å². The van der Waals surface area contributed by atoms with Gasteiger partial charge in [-0.25, -0.2) is 0 Å². The van der Waals surface area contributed by atoms with Gasteiger partial charge in [-0.1, -0.05) is 36.4 Å². The summed E-state index contributed by atoms with van der Waals surface area (Å²) in [6, 6.07) is 13.1. The van der Waals surface area contributed by atoms with Crippen molar-refractivity contribution >= 4 is 23.8 Å². The molecule has 24 heavy (non-hydrogen) atoms. The Bertz CT molecular complexity index is 908. The average Bonchev–Trinajstić information content (AvgIpc) is 2.62. The molecule has 0 amide bonds. The molecule has 2 aromatic rings. The van der Waals surface area contributed by atoms with Gasteiger partial charge >= 0.3 is 0 Å². The van der Waals surface area contributed by atoms with Gasteiger partial charge in [0.2, 0.25) is 0 Å². The number of nitrogens with zero attached hydrogens (tertiary/aromatic N) is 2. The molecule has 0 fully saturated rings. The van der Waals surface area contributed by atoms with Crippen molar-refractivity contribution in [1.82, 2.24) is 0 Å². The molecule has 2 aromatic carbocycles. The first-order chi connectivity index (χ1) is 11.6. The van der Waals surface area contributed by atoms with Crippen LogP contribution < -0.4 is 4.74 Å². The van der Waals surface area contributed by atoms with Crippen LogP contribution in [0.5, 0.6) is 5.75 Å². The Labute approximate surface area is 141 Å². The van der Waals surface area contributed by atoms with E-state index >= 15 is 0 Å². The van der Waals surface area contributed by atoms with Gasteiger partial charge in [0, 0.05) is 18.2 Å². The number of carbonyl (C=O) groups excluding carboxylic acids is 1. The fraction of sp³-hybridized carbons (Fsp3) is 0.150. The molecule has 120 valence electrons. The monoisotopic (exact) mass is 318 g/mol. The number of benzene rings is 2.